The quantitative estimate of drug-likeness (QED) is 0.220. The summed E-state index contributed by atoms with van der Waals surface area (Å²) in [4.78, 5) is 0. The molecule has 0 unspecified atom stereocenters. The van der Waals surface area contributed by atoms with E-state index >= 15 is 0 Å². The fourth-order valence-electron chi connectivity index (χ4n) is 6.51. The van der Waals surface area contributed by atoms with Gasteiger partial charge < -0.3 is 4.42 Å². The Labute approximate surface area is 227 Å². The summed E-state index contributed by atoms with van der Waals surface area (Å²) in [6, 6.07) is 40.2. The normalized spacial score (nSPS) is 12.2. The lowest BCUT2D eigenvalue weighted by molar-refractivity contribution is 0.670. The Balaban J connectivity index is 1.56. The molecule has 0 N–H and O–H groups in total. The van der Waals surface area contributed by atoms with Crippen LogP contribution in [0, 0.1) is 6.92 Å². The molecular weight excluding hydrogens is 472 g/mol. The van der Waals surface area contributed by atoms with Gasteiger partial charge in [0.2, 0.25) is 0 Å². The largest absolute Gasteiger partial charge is 0.455 e. The maximum absolute atomic E-state index is 6.54. The Morgan fingerprint density at radius 3 is 2.03 bits per heavy atom. The summed E-state index contributed by atoms with van der Waals surface area (Å²) in [5.74, 6) is 0.482. The number of hydrogen-bond acceptors (Lipinski definition) is 1. The highest BCUT2D eigenvalue weighted by atomic mass is 16.3. The average Bonchev–Trinajstić information content (AvgIpc) is 3.34. The zero-order valence-electron chi connectivity index (χ0n) is 22.4. The topological polar surface area (TPSA) is 13.1 Å². The first-order chi connectivity index (χ1) is 19.1. The van der Waals surface area contributed by atoms with E-state index in [0.717, 1.165) is 27.5 Å². The lowest BCUT2D eigenvalue weighted by Gasteiger charge is -2.19. The SMILES string of the molecule is Cc1cccc(-c2cc(-c3cccc4c3oc3ccccc34)c3ccc4cc(C(C)C)cc5ccc2c3c54)c1. The van der Waals surface area contributed by atoms with Gasteiger partial charge in [0, 0.05) is 16.3 Å². The van der Waals surface area contributed by atoms with E-state index in [1.165, 1.54) is 60.1 Å². The molecule has 39 heavy (non-hydrogen) atoms. The summed E-state index contributed by atoms with van der Waals surface area (Å²) >= 11 is 0. The first-order valence-electron chi connectivity index (χ1n) is 13.8. The molecule has 0 spiro atoms. The second-order valence-electron chi connectivity index (χ2n) is 11.2. The van der Waals surface area contributed by atoms with Crippen molar-refractivity contribution in [2.24, 2.45) is 0 Å². The minimum absolute atomic E-state index is 0.482. The van der Waals surface area contributed by atoms with Crippen LogP contribution in [0.15, 0.2) is 114 Å². The van der Waals surface area contributed by atoms with Gasteiger partial charge in [-0.3, -0.25) is 0 Å². The van der Waals surface area contributed by atoms with Gasteiger partial charge in [-0.2, -0.15) is 0 Å². The van der Waals surface area contributed by atoms with Crippen molar-refractivity contribution in [1.82, 2.24) is 0 Å². The van der Waals surface area contributed by atoms with Gasteiger partial charge in [0.05, 0.1) is 0 Å². The molecule has 0 saturated carbocycles. The highest BCUT2D eigenvalue weighted by Crippen LogP contribution is 2.46. The Morgan fingerprint density at radius 2 is 1.26 bits per heavy atom. The number of para-hydroxylation sites is 2. The van der Waals surface area contributed by atoms with E-state index in [1.54, 1.807) is 0 Å². The lowest BCUT2D eigenvalue weighted by Crippen LogP contribution is -1.93. The van der Waals surface area contributed by atoms with Crippen LogP contribution in [0.3, 0.4) is 0 Å². The first kappa shape index (κ1) is 22.4. The van der Waals surface area contributed by atoms with Crippen LogP contribution in [0.25, 0.3) is 76.5 Å². The number of benzene rings is 7. The maximum atomic E-state index is 6.54. The second-order valence-corrected chi connectivity index (χ2v) is 11.2. The molecule has 1 heteroatoms. The lowest BCUT2D eigenvalue weighted by atomic mass is 9.84. The van der Waals surface area contributed by atoms with Crippen molar-refractivity contribution in [2.45, 2.75) is 26.7 Å². The fraction of sp³-hybridized carbons (Fsp3) is 0.105. The second kappa shape index (κ2) is 8.19. The van der Waals surface area contributed by atoms with Crippen LogP contribution in [-0.4, -0.2) is 0 Å². The van der Waals surface area contributed by atoms with Crippen LogP contribution in [0.2, 0.25) is 0 Å². The van der Waals surface area contributed by atoms with Gasteiger partial charge in [-0.05, 0) is 79.5 Å². The minimum Gasteiger partial charge on any atom is -0.455 e. The van der Waals surface area contributed by atoms with Gasteiger partial charge in [0.25, 0.3) is 0 Å². The molecule has 0 radical (unpaired) electrons. The third-order valence-corrected chi connectivity index (χ3v) is 8.43. The highest BCUT2D eigenvalue weighted by Gasteiger charge is 2.20. The monoisotopic (exact) mass is 500 g/mol. The third kappa shape index (κ3) is 3.26. The van der Waals surface area contributed by atoms with Crippen molar-refractivity contribution in [1.29, 1.82) is 0 Å². The molecule has 0 atom stereocenters. The molecule has 0 fully saturated rings. The van der Waals surface area contributed by atoms with Gasteiger partial charge in [-0.1, -0.05) is 116 Å². The van der Waals surface area contributed by atoms with Crippen molar-refractivity contribution in [3.63, 3.8) is 0 Å². The molecular formula is C38H28O. The smallest absolute Gasteiger partial charge is 0.143 e. The molecule has 0 amide bonds. The zero-order chi connectivity index (χ0) is 26.2. The van der Waals surface area contributed by atoms with Gasteiger partial charge >= 0.3 is 0 Å². The van der Waals surface area contributed by atoms with E-state index in [4.69, 9.17) is 4.42 Å². The number of aryl methyl sites for hydroxylation is 1. The average molecular weight is 501 g/mol. The molecule has 1 heterocycles. The number of hydrogen-bond donors (Lipinski definition) is 0. The van der Waals surface area contributed by atoms with E-state index in [9.17, 15) is 0 Å². The van der Waals surface area contributed by atoms with E-state index < -0.39 is 0 Å². The fourth-order valence-corrected chi connectivity index (χ4v) is 6.51. The predicted octanol–water partition coefficient (Wildman–Crippen LogP) is 11.2. The van der Waals surface area contributed by atoms with Crippen LogP contribution in [-0.2, 0) is 0 Å². The van der Waals surface area contributed by atoms with E-state index in [0.29, 0.717) is 5.92 Å². The van der Waals surface area contributed by atoms with E-state index in [1.807, 2.05) is 6.07 Å². The van der Waals surface area contributed by atoms with Crippen LogP contribution < -0.4 is 0 Å². The summed E-state index contributed by atoms with van der Waals surface area (Å²) in [7, 11) is 0. The van der Waals surface area contributed by atoms with Gasteiger partial charge in [-0.15, -0.1) is 0 Å². The van der Waals surface area contributed by atoms with Crippen molar-refractivity contribution >= 4 is 54.3 Å². The number of rotatable bonds is 3. The van der Waals surface area contributed by atoms with E-state index in [-0.39, 0.29) is 0 Å². The molecule has 0 aliphatic heterocycles. The number of furan rings is 1. The molecule has 186 valence electrons. The Morgan fingerprint density at radius 1 is 0.538 bits per heavy atom. The Kier molecular flexibility index (Phi) is 4.70. The van der Waals surface area contributed by atoms with Crippen LogP contribution in [0.4, 0.5) is 0 Å². The molecule has 0 saturated heterocycles. The molecule has 0 aliphatic carbocycles. The summed E-state index contributed by atoms with van der Waals surface area (Å²) in [5, 5.41) is 10.2. The Hall–Kier alpha value is -4.62. The van der Waals surface area contributed by atoms with E-state index in [2.05, 4.69) is 124 Å². The number of fused-ring (bicyclic) bond motifs is 3. The van der Waals surface area contributed by atoms with Gasteiger partial charge in [0.15, 0.2) is 0 Å². The molecule has 7 aromatic carbocycles. The molecule has 0 bridgehead atoms. The molecule has 0 aliphatic rings. The van der Waals surface area contributed by atoms with Crippen molar-refractivity contribution in [3.8, 4) is 22.3 Å². The predicted molar refractivity (Wildman–Crippen MR) is 167 cm³/mol. The molecule has 1 nitrogen and oxygen atoms in total. The summed E-state index contributed by atoms with van der Waals surface area (Å²) in [6.07, 6.45) is 0. The van der Waals surface area contributed by atoms with Crippen LogP contribution >= 0.6 is 0 Å². The van der Waals surface area contributed by atoms with Crippen molar-refractivity contribution in [3.05, 3.63) is 120 Å². The summed E-state index contributed by atoms with van der Waals surface area (Å²) < 4.78 is 6.54. The highest BCUT2D eigenvalue weighted by molar-refractivity contribution is 6.29. The van der Waals surface area contributed by atoms with Crippen LogP contribution in [0.5, 0.6) is 0 Å². The standard InChI is InChI=1S/C38H28O/c1-22(2)27-19-25-14-16-29-33(24-9-6-8-23(3)18-24)21-34(30-17-15-26(20-27)36(25)37(29)30)32-12-7-11-31-28-10-4-5-13-35(28)39-38(31)32/h4-22H,1-3H3. The van der Waals surface area contributed by atoms with Crippen molar-refractivity contribution in [2.75, 3.05) is 0 Å². The van der Waals surface area contributed by atoms with Gasteiger partial charge in [0.1, 0.15) is 11.2 Å². The molecule has 1 aromatic heterocycles. The molecule has 8 aromatic rings. The maximum Gasteiger partial charge on any atom is 0.143 e. The third-order valence-electron chi connectivity index (χ3n) is 8.43. The Bertz CT molecular complexity index is 2190. The van der Waals surface area contributed by atoms with Gasteiger partial charge in [-0.25, -0.2) is 0 Å². The zero-order valence-corrected chi connectivity index (χ0v) is 22.4. The summed E-state index contributed by atoms with van der Waals surface area (Å²) in [5.41, 5.74) is 9.38. The first-order valence-corrected chi connectivity index (χ1v) is 13.8. The van der Waals surface area contributed by atoms with Crippen molar-refractivity contribution < 1.29 is 4.42 Å². The van der Waals surface area contributed by atoms with Crippen LogP contribution in [0.1, 0.15) is 30.9 Å². The summed E-state index contributed by atoms with van der Waals surface area (Å²) in [6.45, 7) is 6.71. The minimum atomic E-state index is 0.482. The molecule has 8 rings (SSSR count).